The standard InChI is InChI=1S/C16H14N2O/c1-19-14-8-9-15-12(11-14)7-10-16(18-15)17-13-5-3-2-4-6-13/h2-11H,1H3,(H,17,18). The molecule has 3 aromatic rings. The minimum atomic E-state index is 0.837. The second-order valence-corrected chi connectivity index (χ2v) is 4.25. The Kier molecular flexibility index (Phi) is 3.02. The van der Waals surface area contributed by atoms with Crippen molar-refractivity contribution in [3.8, 4) is 5.75 Å². The molecule has 0 spiro atoms. The van der Waals surface area contributed by atoms with Crippen molar-refractivity contribution in [1.82, 2.24) is 4.98 Å². The molecule has 0 bridgehead atoms. The number of nitrogens with zero attached hydrogens (tertiary/aromatic N) is 1. The van der Waals surface area contributed by atoms with Gasteiger partial charge < -0.3 is 10.1 Å². The van der Waals surface area contributed by atoms with Crippen LogP contribution >= 0.6 is 0 Å². The molecular formula is C16H14N2O. The molecule has 0 aliphatic heterocycles. The Balaban J connectivity index is 1.94. The van der Waals surface area contributed by atoms with E-state index < -0.39 is 0 Å². The van der Waals surface area contributed by atoms with Crippen LogP contribution in [-0.2, 0) is 0 Å². The number of aromatic nitrogens is 1. The maximum atomic E-state index is 5.20. The highest BCUT2D eigenvalue weighted by molar-refractivity contribution is 5.82. The Bertz CT molecular complexity index is 695. The molecule has 3 nitrogen and oxygen atoms in total. The minimum Gasteiger partial charge on any atom is -0.497 e. The molecule has 0 atom stereocenters. The van der Waals surface area contributed by atoms with Crippen LogP contribution in [0.25, 0.3) is 10.9 Å². The number of ether oxygens (including phenoxy) is 1. The van der Waals surface area contributed by atoms with Crippen LogP contribution in [0.2, 0.25) is 0 Å². The first-order valence-electron chi connectivity index (χ1n) is 6.12. The number of rotatable bonds is 3. The molecule has 1 N–H and O–H groups in total. The number of hydrogen-bond acceptors (Lipinski definition) is 3. The maximum Gasteiger partial charge on any atom is 0.131 e. The molecule has 0 unspecified atom stereocenters. The molecule has 3 rings (SSSR count). The van der Waals surface area contributed by atoms with Crippen molar-refractivity contribution in [3.05, 3.63) is 60.7 Å². The number of hydrogen-bond donors (Lipinski definition) is 1. The Morgan fingerprint density at radius 2 is 1.79 bits per heavy atom. The van der Waals surface area contributed by atoms with Crippen LogP contribution < -0.4 is 10.1 Å². The highest BCUT2D eigenvalue weighted by Gasteiger charge is 2.00. The Morgan fingerprint density at radius 1 is 0.947 bits per heavy atom. The molecule has 0 aliphatic rings. The predicted molar refractivity (Wildman–Crippen MR) is 78.0 cm³/mol. The van der Waals surface area contributed by atoms with Gasteiger partial charge in [-0.05, 0) is 42.5 Å². The van der Waals surface area contributed by atoms with Crippen molar-refractivity contribution in [2.24, 2.45) is 0 Å². The predicted octanol–water partition coefficient (Wildman–Crippen LogP) is 3.99. The van der Waals surface area contributed by atoms with Crippen LogP contribution in [0, 0.1) is 0 Å². The van der Waals surface area contributed by atoms with Crippen molar-refractivity contribution in [3.63, 3.8) is 0 Å². The van der Waals surface area contributed by atoms with Crippen LogP contribution in [0.4, 0.5) is 11.5 Å². The van der Waals surface area contributed by atoms with E-state index in [-0.39, 0.29) is 0 Å². The van der Waals surface area contributed by atoms with Crippen molar-refractivity contribution in [1.29, 1.82) is 0 Å². The molecule has 94 valence electrons. The monoisotopic (exact) mass is 250 g/mol. The minimum absolute atomic E-state index is 0.837. The summed E-state index contributed by atoms with van der Waals surface area (Å²) < 4.78 is 5.20. The second-order valence-electron chi connectivity index (χ2n) is 4.25. The Labute approximate surface area is 111 Å². The van der Waals surface area contributed by atoms with Crippen molar-refractivity contribution in [2.75, 3.05) is 12.4 Å². The molecule has 0 amide bonds. The van der Waals surface area contributed by atoms with Gasteiger partial charge in [0, 0.05) is 11.1 Å². The third-order valence-electron chi connectivity index (χ3n) is 2.94. The summed E-state index contributed by atoms with van der Waals surface area (Å²) >= 11 is 0. The summed E-state index contributed by atoms with van der Waals surface area (Å²) in [5.41, 5.74) is 1.98. The van der Waals surface area contributed by atoms with Gasteiger partial charge in [-0.1, -0.05) is 18.2 Å². The Morgan fingerprint density at radius 3 is 2.58 bits per heavy atom. The summed E-state index contributed by atoms with van der Waals surface area (Å²) in [6.07, 6.45) is 0. The number of nitrogens with one attached hydrogen (secondary N) is 1. The largest absolute Gasteiger partial charge is 0.497 e. The normalized spacial score (nSPS) is 10.4. The van der Waals surface area contributed by atoms with Gasteiger partial charge in [-0.25, -0.2) is 4.98 Å². The number of pyridine rings is 1. The topological polar surface area (TPSA) is 34.1 Å². The van der Waals surface area contributed by atoms with E-state index >= 15 is 0 Å². The summed E-state index contributed by atoms with van der Waals surface area (Å²) in [6.45, 7) is 0. The van der Waals surface area contributed by atoms with Crippen molar-refractivity contribution >= 4 is 22.4 Å². The highest BCUT2D eigenvalue weighted by atomic mass is 16.5. The van der Waals surface area contributed by atoms with E-state index in [1.807, 2.05) is 60.7 Å². The quantitative estimate of drug-likeness (QED) is 0.763. The van der Waals surface area contributed by atoms with E-state index in [2.05, 4.69) is 10.3 Å². The highest BCUT2D eigenvalue weighted by Crippen LogP contribution is 2.22. The van der Waals surface area contributed by atoms with Crippen LogP contribution in [0.3, 0.4) is 0 Å². The zero-order chi connectivity index (χ0) is 13.1. The summed E-state index contributed by atoms with van der Waals surface area (Å²) in [6, 6.07) is 19.9. The van der Waals surface area contributed by atoms with Gasteiger partial charge in [0.1, 0.15) is 11.6 Å². The lowest BCUT2D eigenvalue weighted by Crippen LogP contribution is -1.93. The van der Waals surface area contributed by atoms with Gasteiger partial charge in [0.15, 0.2) is 0 Å². The fraction of sp³-hybridized carbons (Fsp3) is 0.0625. The Hall–Kier alpha value is -2.55. The first kappa shape index (κ1) is 11.5. The van der Waals surface area contributed by atoms with Gasteiger partial charge in [0.05, 0.1) is 12.6 Å². The molecular weight excluding hydrogens is 236 g/mol. The van der Waals surface area contributed by atoms with Gasteiger partial charge in [0.2, 0.25) is 0 Å². The number of fused-ring (bicyclic) bond motifs is 1. The lowest BCUT2D eigenvalue weighted by molar-refractivity contribution is 0.415. The van der Waals surface area contributed by atoms with Gasteiger partial charge in [-0.15, -0.1) is 0 Å². The van der Waals surface area contributed by atoms with Crippen molar-refractivity contribution in [2.45, 2.75) is 0 Å². The molecule has 1 aromatic heterocycles. The van der Waals surface area contributed by atoms with Crippen LogP contribution in [0.1, 0.15) is 0 Å². The van der Waals surface area contributed by atoms with Gasteiger partial charge in [0.25, 0.3) is 0 Å². The average Bonchev–Trinajstić information content (AvgIpc) is 2.48. The number of para-hydroxylation sites is 1. The summed E-state index contributed by atoms with van der Waals surface area (Å²) in [7, 11) is 1.67. The molecule has 3 heteroatoms. The second kappa shape index (κ2) is 4.98. The van der Waals surface area contributed by atoms with E-state index in [0.717, 1.165) is 28.2 Å². The van der Waals surface area contributed by atoms with Gasteiger partial charge in [-0.2, -0.15) is 0 Å². The third kappa shape index (κ3) is 2.50. The molecule has 19 heavy (non-hydrogen) atoms. The zero-order valence-electron chi connectivity index (χ0n) is 10.6. The first-order chi connectivity index (χ1) is 9.35. The van der Waals surface area contributed by atoms with Crippen molar-refractivity contribution < 1.29 is 4.74 Å². The van der Waals surface area contributed by atoms with Gasteiger partial charge >= 0.3 is 0 Å². The fourth-order valence-corrected chi connectivity index (χ4v) is 1.97. The first-order valence-corrected chi connectivity index (χ1v) is 6.12. The van der Waals surface area contributed by atoms with E-state index in [1.54, 1.807) is 7.11 Å². The molecule has 0 saturated carbocycles. The molecule has 0 aliphatic carbocycles. The van der Waals surface area contributed by atoms with E-state index in [0.29, 0.717) is 0 Å². The molecule has 1 heterocycles. The SMILES string of the molecule is COc1ccc2nc(Nc3ccccc3)ccc2c1. The van der Waals surface area contributed by atoms with Gasteiger partial charge in [-0.3, -0.25) is 0 Å². The van der Waals surface area contributed by atoms with E-state index in [4.69, 9.17) is 4.74 Å². The molecule has 0 radical (unpaired) electrons. The van der Waals surface area contributed by atoms with Crippen LogP contribution in [-0.4, -0.2) is 12.1 Å². The van der Waals surface area contributed by atoms with E-state index in [1.165, 1.54) is 0 Å². The summed E-state index contributed by atoms with van der Waals surface area (Å²) in [5.74, 6) is 1.68. The molecule has 2 aromatic carbocycles. The molecule has 0 fully saturated rings. The number of methoxy groups -OCH3 is 1. The fourth-order valence-electron chi connectivity index (χ4n) is 1.97. The third-order valence-corrected chi connectivity index (χ3v) is 2.94. The zero-order valence-corrected chi connectivity index (χ0v) is 10.6. The number of benzene rings is 2. The smallest absolute Gasteiger partial charge is 0.131 e. The van der Waals surface area contributed by atoms with Crippen LogP contribution in [0.5, 0.6) is 5.75 Å². The summed E-state index contributed by atoms with van der Waals surface area (Å²) in [4.78, 5) is 4.58. The lowest BCUT2D eigenvalue weighted by atomic mass is 10.2. The molecule has 0 saturated heterocycles. The average molecular weight is 250 g/mol. The van der Waals surface area contributed by atoms with Crippen LogP contribution in [0.15, 0.2) is 60.7 Å². The van der Waals surface area contributed by atoms with E-state index in [9.17, 15) is 0 Å². The lowest BCUT2D eigenvalue weighted by Gasteiger charge is -2.07. The maximum absolute atomic E-state index is 5.20. The number of anilines is 2. The summed E-state index contributed by atoms with van der Waals surface area (Å²) in [5, 5.41) is 4.35.